The largest absolute Gasteiger partial charge is 0.465 e. The lowest BCUT2D eigenvalue weighted by molar-refractivity contribution is -0.143. The molecule has 0 spiro atoms. The number of carbonyl (C=O) groups is 1. The Bertz CT molecular complexity index is 921. The third kappa shape index (κ3) is 3.83. The molecule has 2 atom stereocenters. The molecule has 7 heteroatoms. The number of thiocarbonyl (C=S) groups is 1. The van der Waals surface area contributed by atoms with Crippen LogP contribution >= 0.6 is 12.2 Å². The number of hydrogen-bond donors (Lipinski definition) is 1. The second-order valence-corrected chi connectivity index (χ2v) is 8.58. The minimum atomic E-state index is -0.266. The molecule has 1 saturated carbocycles. The highest BCUT2D eigenvalue weighted by Crippen LogP contribution is 2.42. The van der Waals surface area contributed by atoms with E-state index < -0.39 is 0 Å². The lowest BCUT2D eigenvalue weighted by Gasteiger charge is -2.27. The van der Waals surface area contributed by atoms with Gasteiger partial charge in [0, 0.05) is 23.6 Å². The van der Waals surface area contributed by atoms with E-state index in [9.17, 15) is 4.79 Å². The van der Waals surface area contributed by atoms with Crippen LogP contribution in [0.2, 0.25) is 0 Å². The van der Waals surface area contributed by atoms with Crippen LogP contribution in [0.15, 0.2) is 30.5 Å². The summed E-state index contributed by atoms with van der Waals surface area (Å²) in [5.41, 5.74) is 4.64. The van der Waals surface area contributed by atoms with Crippen LogP contribution in [0.1, 0.15) is 73.4 Å². The monoisotopic (exact) mass is 426 g/mol. The number of pyridine rings is 1. The maximum Gasteiger partial charge on any atom is 0.325 e. The number of nitrogens with zero attached hydrogens (tertiary/aromatic N) is 3. The van der Waals surface area contributed by atoms with E-state index in [4.69, 9.17) is 17.0 Å². The zero-order valence-corrected chi connectivity index (χ0v) is 18.7. The van der Waals surface area contributed by atoms with Crippen molar-refractivity contribution >= 4 is 23.3 Å². The molecule has 0 amide bonds. The molecule has 2 aromatic heterocycles. The Kier molecular flexibility index (Phi) is 6.09. The Morgan fingerprint density at radius 1 is 1.30 bits per heavy atom. The molecule has 3 heterocycles. The molecule has 0 unspecified atom stereocenters. The van der Waals surface area contributed by atoms with Gasteiger partial charge in [-0.1, -0.05) is 18.9 Å². The quantitative estimate of drug-likeness (QED) is 0.553. The Hall–Kier alpha value is -2.41. The summed E-state index contributed by atoms with van der Waals surface area (Å²) in [5.74, 6) is -0.266. The van der Waals surface area contributed by atoms with Gasteiger partial charge in [-0.15, -0.1) is 0 Å². The predicted molar refractivity (Wildman–Crippen MR) is 120 cm³/mol. The van der Waals surface area contributed by atoms with Gasteiger partial charge in [0.1, 0.15) is 6.54 Å². The van der Waals surface area contributed by atoms with E-state index in [-0.39, 0.29) is 24.6 Å². The number of nitrogens with one attached hydrogen (secondary N) is 1. The number of aryl methyl sites for hydroxylation is 1. The van der Waals surface area contributed by atoms with Gasteiger partial charge < -0.3 is 19.5 Å². The number of hydrogen-bond acceptors (Lipinski definition) is 4. The van der Waals surface area contributed by atoms with Gasteiger partial charge >= 0.3 is 5.97 Å². The van der Waals surface area contributed by atoms with Gasteiger partial charge in [-0.2, -0.15) is 0 Å². The standard InChI is InChI=1S/C23H30N4O2S/c1-4-29-20(28)14-26-22(21(25-23(26)30)19-11-7-8-12-24-19)18-13-15(2)27(16(18)3)17-9-5-6-10-17/h7-8,11-13,17,21-22H,4-6,9-10,14H2,1-3H3,(H,25,30)/t21-,22+/m1/s1. The highest BCUT2D eigenvalue weighted by Gasteiger charge is 2.42. The minimum absolute atomic E-state index is 0.113. The highest BCUT2D eigenvalue weighted by atomic mass is 32.1. The van der Waals surface area contributed by atoms with Crippen molar-refractivity contribution in [1.82, 2.24) is 19.8 Å². The van der Waals surface area contributed by atoms with E-state index in [1.54, 1.807) is 6.20 Å². The van der Waals surface area contributed by atoms with Crippen LogP contribution in [0.4, 0.5) is 0 Å². The maximum absolute atomic E-state index is 12.4. The smallest absolute Gasteiger partial charge is 0.325 e. The summed E-state index contributed by atoms with van der Waals surface area (Å²) in [4.78, 5) is 18.9. The summed E-state index contributed by atoms with van der Waals surface area (Å²) in [6, 6.07) is 8.50. The van der Waals surface area contributed by atoms with Gasteiger partial charge in [-0.3, -0.25) is 9.78 Å². The van der Waals surface area contributed by atoms with Crippen molar-refractivity contribution in [3.8, 4) is 0 Å². The fourth-order valence-electron chi connectivity index (χ4n) is 5.09. The van der Waals surface area contributed by atoms with Crippen LogP contribution in [0.25, 0.3) is 0 Å². The molecular weight excluding hydrogens is 396 g/mol. The molecule has 2 fully saturated rings. The van der Waals surface area contributed by atoms with Crippen LogP contribution in [0, 0.1) is 13.8 Å². The number of carbonyl (C=O) groups excluding carboxylic acids is 1. The molecule has 160 valence electrons. The zero-order valence-electron chi connectivity index (χ0n) is 17.9. The Labute approximate surface area is 183 Å². The molecule has 6 nitrogen and oxygen atoms in total. The van der Waals surface area contributed by atoms with E-state index in [0.717, 1.165) is 5.69 Å². The molecule has 0 radical (unpaired) electrons. The predicted octanol–water partition coefficient (Wildman–Crippen LogP) is 4.15. The average molecular weight is 427 g/mol. The SMILES string of the molecule is CCOC(=O)CN1C(=S)N[C@H](c2ccccn2)[C@@H]1c1cc(C)n(C2CCCC2)c1C. The zero-order chi connectivity index (χ0) is 21.3. The van der Waals surface area contributed by atoms with Gasteiger partial charge in [0.25, 0.3) is 0 Å². The van der Waals surface area contributed by atoms with Crippen molar-refractivity contribution < 1.29 is 9.53 Å². The van der Waals surface area contributed by atoms with E-state index in [1.165, 1.54) is 42.6 Å². The second kappa shape index (κ2) is 8.76. The Morgan fingerprint density at radius 2 is 2.07 bits per heavy atom. The molecule has 0 aromatic carbocycles. The van der Waals surface area contributed by atoms with Crippen molar-refractivity contribution in [2.75, 3.05) is 13.2 Å². The number of esters is 1. The molecule has 2 aliphatic rings. The number of ether oxygens (including phenoxy) is 1. The molecule has 0 bridgehead atoms. The fourth-order valence-corrected chi connectivity index (χ4v) is 5.39. The third-order valence-corrected chi connectivity index (χ3v) is 6.69. The first-order valence-electron chi connectivity index (χ1n) is 10.8. The molecule has 1 aliphatic carbocycles. The first kappa shape index (κ1) is 20.8. The van der Waals surface area contributed by atoms with Gasteiger partial charge in [0.05, 0.1) is 24.4 Å². The van der Waals surface area contributed by atoms with Gasteiger partial charge in [0.2, 0.25) is 0 Å². The van der Waals surface area contributed by atoms with Gasteiger partial charge in [0.15, 0.2) is 5.11 Å². The third-order valence-electron chi connectivity index (χ3n) is 6.33. The lowest BCUT2D eigenvalue weighted by Crippen LogP contribution is -2.35. The number of aromatic nitrogens is 2. The Balaban J connectivity index is 1.76. The summed E-state index contributed by atoms with van der Waals surface area (Å²) in [6.07, 6.45) is 6.84. The van der Waals surface area contributed by atoms with Crippen LogP contribution in [-0.4, -0.2) is 38.7 Å². The fraction of sp³-hybridized carbons (Fsp3) is 0.522. The van der Waals surface area contributed by atoms with E-state index in [0.29, 0.717) is 17.8 Å². The van der Waals surface area contributed by atoms with Crippen molar-refractivity contribution in [3.05, 3.63) is 53.1 Å². The van der Waals surface area contributed by atoms with Crippen molar-refractivity contribution in [1.29, 1.82) is 0 Å². The van der Waals surface area contributed by atoms with Crippen LogP contribution in [0.5, 0.6) is 0 Å². The van der Waals surface area contributed by atoms with E-state index in [2.05, 4.69) is 34.8 Å². The summed E-state index contributed by atoms with van der Waals surface area (Å²) in [6.45, 7) is 6.68. The highest BCUT2D eigenvalue weighted by molar-refractivity contribution is 7.80. The summed E-state index contributed by atoms with van der Waals surface area (Å²) < 4.78 is 7.72. The number of rotatable bonds is 6. The summed E-state index contributed by atoms with van der Waals surface area (Å²) in [7, 11) is 0. The van der Waals surface area contributed by atoms with Gasteiger partial charge in [-0.25, -0.2) is 0 Å². The van der Waals surface area contributed by atoms with E-state index in [1.807, 2.05) is 30.0 Å². The van der Waals surface area contributed by atoms with Crippen LogP contribution < -0.4 is 5.32 Å². The molecular formula is C23H30N4O2S. The van der Waals surface area contributed by atoms with Crippen molar-refractivity contribution in [2.24, 2.45) is 0 Å². The van der Waals surface area contributed by atoms with Gasteiger partial charge in [-0.05, 0) is 69.6 Å². The summed E-state index contributed by atoms with van der Waals surface area (Å²) >= 11 is 5.66. The molecule has 30 heavy (non-hydrogen) atoms. The summed E-state index contributed by atoms with van der Waals surface area (Å²) in [5, 5.41) is 3.98. The van der Waals surface area contributed by atoms with Crippen LogP contribution in [0.3, 0.4) is 0 Å². The average Bonchev–Trinajstić information content (AvgIpc) is 3.42. The topological polar surface area (TPSA) is 59.4 Å². The molecule has 2 aromatic rings. The Morgan fingerprint density at radius 3 is 2.73 bits per heavy atom. The lowest BCUT2D eigenvalue weighted by atomic mass is 9.96. The van der Waals surface area contributed by atoms with Crippen molar-refractivity contribution in [3.63, 3.8) is 0 Å². The normalized spacial score (nSPS) is 21.8. The minimum Gasteiger partial charge on any atom is -0.465 e. The first-order valence-corrected chi connectivity index (χ1v) is 11.2. The molecule has 1 saturated heterocycles. The maximum atomic E-state index is 12.4. The van der Waals surface area contributed by atoms with E-state index >= 15 is 0 Å². The molecule has 1 aliphatic heterocycles. The van der Waals surface area contributed by atoms with Crippen molar-refractivity contribution in [2.45, 2.75) is 64.6 Å². The molecule has 4 rings (SSSR count). The second-order valence-electron chi connectivity index (χ2n) is 8.19. The van der Waals surface area contributed by atoms with Crippen LogP contribution in [-0.2, 0) is 9.53 Å². The first-order chi connectivity index (χ1) is 14.5. The molecule has 1 N–H and O–H groups in total.